The molecule has 0 aromatic carbocycles. The lowest BCUT2D eigenvalue weighted by atomic mass is 9.89. The predicted octanol–water partition coefficient (Wildman–Crippen LogP) is 5.04. The summed E-state index contributed by atoms with van der Waals surface area (Å²) in [7, 11) is 0. The Labute approximate surface area is 103 Å². The van der Waals surface area contributed by atoms with E-state index in [9.17, 15) is 52.7 Å². The highest BCUT2D eigenvalue weighted by Gasteiger charge is 2.84. The zero-order valence-corrected chi connectivity index (χ0v) is 9.32. The maximum Gasteiger partial charge on any atom is 0.460 e. The van der Waals surface area contributed by atoms with Crippen molar-refractivity contribution in [1.29, 1.82) is 0 Å². The van der Waals surface area contributed by atoms with E-state index >= 15 is 0 Å². The van der Waals surface area contributed by atoms with Gasteiger partial charge in [-0.1, -0.05) is 6.92 Å². The highest BCUT2D eigenvalue weighted by Crippen LogP contribution is 2.57. The molecule has 0 aromatic heterocycles. The fourth-order valence-corrected chi connectivity index (χ4v) is 1.30. The summed E-state index contributed by atoms with van der Waals surface area (Å²) in [5.41, 5.74) is 0. The first kappa shape index (κ1) is 19.2. The van der Waals surface area contributed by atoms with Crippen molar-refractivity contribution in [3.05, 3.63) is 0 Å². The SMILES string of the molecule is CCC(C(F)(F)F)C(F)(F)C(F)(F)C(F)(F)C(F)(F)F. The molecule has 0 aliphatic heterocycles. The number of hydrogen-bond donors (Lipinski definition) is 0. The van der Waals surface area contributed by atoms with Crippen molar-refractivity contribution in [3.63, 3.8) is 0 Å². The van der Waals surface area contributed by atoms with E-state index in [1.165, 1.54) is 0 Å². The normalized spacial score (nSPS) is 17.2. The third-order valence-corrected chi connectivity index (χ3v) is 2.41. The van der Waals surface area contributed by atoms with Crippen molar-refractivity contribution in [3.8, 4) is 0 Å². The molecule has 122 valence electrons. The maximum atomic E-state index is 12.9. The van der Waals surface area contributed by atoms with Crippen LogP contribution in [0.25, 0.3) is 0 Å². The first-order chi connectivity index (χ1) is 8.44. The molecule has 0 heterocycles. The van der Waals surface area contributed by atoms with Crippen molar-refractivity contribution in [2.45, 2.75) is 43.5 Å². The Morgan fingerprint density at radius 1 is 0.650 bits per heavy atom. The predicted molar refractivity (Wildman–Crippen MR) is 40.7 cm³/mol. The molecule has 0 aliphatic carbocycles. The Bertz CT molecular complexity index is 334. The van der Waals surface area contributed by atoms with E-state index in [-0.39, 0.29) is 0 Å². The molecule has 20 heavy (non-hydrogen) atoms. The van der Waals surface area contributed by atoms with Crippen LogP contribution in [0.3, 0.4) is 0 Å². The van der Waals surface area contributed by atoms with Crippen LogP contribution in [0.5, 0.6) is 0 Å². The molecule has 1 atom stereocenters. The van der Waals surface area contributed by atoms with Crippen LogP contribution < -0.4 is 0 Å². The van der Waals surface area contributed by atoms with E-state index < -0.39 is 42.5 Å². The number of hydrogen-bond acceptors (Lipinski definition) is 0. The van der Waals surface area contributed by atoms with Gasteiger partial charge in [-0.15, -0.1) is 0 Å². The van der Waals surface area contributed by atoms with E-state index in [0.29, 0.717) is 6.92 Å². The average Bonchev–Trinajstić information content (AvgIpc) is 2.12. The molecule has 0 nitrogen and oxygen atoms in total. The van der Waals surface area contributed by atoms with Crippen LogP contribution in [0.2, 0.25) is 0 Å². The van der Waals surface area contributed by atoms with Gasteiger partial charge >= 0.3 is 30.1 Å². The second-order valence-electron chi connectivity index (χ2n) is 3.77. The number of alkyl halides is 12. The topological polar surface area (TPSA) is 0 Å². The molecule has 0 saturated heterocycles. The van der Waals surface area contributed by atoms with Crippen LogP contribution in [0, 0.1) is 5.92 Å². The summed E-state index contributed by atoms with van der Waals surface area (Å²) in [6.07, 6.45) is -15.0. The van der Waals surface area contributed by atoms with Crippen LogP contribution in [-0.4, -0.2) is 30.1 Å². The molecule has 12 heteroatoms. The van der Waals surface area contributed by atoms with Gasteiger partial charge in [0.05, 0.1) is 0 Å². The Kier molecular flexibility index (Phi) is 4.66. The molecule has 0 spiro atoms. The lowest BCUT2D eigenvalue weighted by Crippen LogP contribution is -2.64. The third kappa shape index (κ3) is 2.78. The zero-order chi connectivity index (χ0) is 16.8. The molecule has 0 aromatic rings. The first-order valence-corrected chi connectivity index (χ1v) is 4.71. The average molecular weight is 330 g/mol. The maximum absolute atomic E-state index is 12.9. The molecule has 0 N–H and O–H groups in total. The van der Waals surface area contributed by atoms with Crippen LogP contribution in [0.4, 0.5) is 52.7 Å². The van der Waals surface area contributed by atoms with Gasteiger partial charge in [-0.05, 0) is 6.42 Å². The fourth-order valence-electron chi connectivity index (χ4n) is 1.30. The van der Waals surface area contributed by atoms with Crippen LogP contribution in [0.1, 0.15) is 13.3 Å². The summed E-state index contributed by atoms with van der Waals surface area (Å²) in [4.78, 5) is 0. The van der Waals surface area contributed by atoms with Gasteiger partial charge in [0.15, 0.2) is 0 Å². The highest BCUT2D eigenvalue weighted by molar-refractivity contribution is 5.04. The Hall–Kier alpha value is -0.840. The summed E-state index contributed by atoms with van der Waals surface area (Å²) < 4.78 is 147. The molecule has 0 amide bonds. The largest absolute Gasteiger partial charge is 0.460 e. The van der Waals surface area contributed by atoms with E-state index in [1.54, 1.807) is 0 Å². The first-order valence-electron chi connectivity index (χ1n) is 4.71. The zero-order valence-electron chi connectivity index (χ0n) is 9.32. The molecule has 1 unspecified atom stereocenters. The lowest BCUT2D eigenvalue weighted by molar-refractivity contribution is -0.415. The van der Waals surface area contributed by atoms with E-state index in [0.717, 1.165) is 0 Å². The van der Waals surface area contributed by atoms with E-state index in [1.807, 2.05) is 0 Å². The summed E-state index contributed by atoms with van der Waals surface area (Å²) >= 11 is 0. The molecule has 0 rings (SSSR count). The Morgan fingerprint density at radius 2 is 1.00 bits per heavy atom. The van der Waals surface area contributed by atoms with Gasteiger partial charge in [-0.2, -0.15) is 52.7 Å². The standard InChI is InChI=1S/C8H6F12/c1-2-3(5(11,12)13)4(9,10)6(14,15)7(16,17)8(18,19)20/h3H,2H2,1H3. The fraction of sp³-hybridized carbons (Fsp3) is 1.00. The summed E-state index contributed by atoms with van der Waals surface area (Å²) in [6.45, 7) is 0.299. The minimum atomic E-state index is -7.32. The smallest absolute Gasteiger partial charge is 0.199 e. The van der Waals surface area contributed by atoms with Gasteiger partial charge in [0.2, 0.25) is 0 Å². The number of rotatable bonds is 4. The van der Waals surface area contributed by atoms with Gasteiger partial charge in [0.1, 0.15) is 5.92 Å². The Morgan fingerprint density at radius 3 is 1.20 bits per heavy atom. The van der Waals surface area contributed by atoms with Crippen molar-refractivity contribution in [2.24, 2.45) is 5.92 Å². The molecular weight excluding hydrogens is 324 g/mol. The molecule has 0 fully saturated rings. The van der Waals surface area contributed by atoms with Crippen LogP contribution >= 0.6 is 0 Å². The summed E-state index contributed by atoms with van der Waals surface area (Å²) in [5.74, 6) is -25.6. The quantitative estimate of drug-likeness (QED) is 0.633. The van der Waals surface area contributed by atoms with Crippen molar-refractivity contribution >= 4 is 0 Å². The summed E-state index contributed by atoms with van der Waals surface area (Å²) in [5, 5.41) is 0. The van der Waals surface area contributed by atoms with Crippen molar-refractivity contribution in [2.75, 3.05) is 0 Å². The molecule has 0 radical (unpaired) electrons. The minimum absolute atomic E-state index is 0.299. The monoisotopic (exact) mass is 330 g/mol. The van der Waals surface area contributed by atoms with Crippen LogP contribution in [0.15, 0.2) is 0 Å². The number of halogens is 12. The van der Waals surface area contributed by atoms with Crippen molar-refractivity contribution in [1.82, 2.24) is 0 Å². The van der Waals surface area contributed by atoms with E-state index in [2.05, 4.69) is 0 Å². The third-order valence-electron chi connectivity index (χ3n) is 2.41. The molecule has 0 aliphatic rings. The highest BCUT2D eigenvalue weighted by atomic mass is 19.4. The molecular formula is C8H6F12. The second-order valence-corrected chi connectivity index (χ2v) is 3.77. The second kappa shape index (κ2) is 4.86. The summed E-state index contributed by atoms with van der Waals surface area (Å²) in [6, 6.07) is 0. The van der Waals surface area contributed by atoms with Crippen molar-refractivity contribution < 1.29 is 52.7 Å². The van der Waals surface area contributed by atoms with Gasteiger partial charge in [0.25, 0.3) is 0 Å². The van der Waals surface area contributed by atoms with Crippen LogP contribution in [-0.2, 0) is 0 Å². The van der Waals surface area contributed by atoms with Gasteiger partial charge < -0.3 is 0 Å². The molecule has 0 bridgehead atoms. The van der Waals surface area contributed by atoms with Gasteiger partial charge in [-0.25, -0.2) is 0 Å². The lowest BCUT2D eigenvalue weighted by Gasteiger charge is -2.37. The van der Waals surface area contributed by atoms with E-state index in [4.69, 9.17) is 0 Å². The van der Waals surface area contributed by atoms with Gasteiger partial charge in [-0.3, -0.25) is 0 Å². The molecule has 0 saturated carbocycles. The minimum Gasteiger partial charge on any atom is -0.199 e. The van der Waals surface area contributed by atoms with Gasteiger partial charge in [0, 0.05) is 0 Å². The Balaban J connectivity index is 5.92.